The molecule has 0 aromatic heterocycles. The van der Waals surface area contributed by atoms with Crippen molar-refractivity contribution >= 4 is 0 Å². The predicted molar refractivity (Wildman–Crippen MR) is 40.9 cm³/mol. The molecule has 0 aromatic rings. The number of ether oxygens (including phenoxy) is 1. The van der Waals surface area contributed by atoms with Crippen LogP contribution in [0.15, 0.2) is 0 Å². The molecule has 0 spiro atoms. The van der Waals surface area contributed by atoms with Crippen molar-refractivity contribution in [1.29, 1.82) is 0 Å². The summed E-state index contributed by atoms with van der Waals surface area (Å²) >= 11 is 0. The normalized spacial score (nSPS) is 16.1. The Morgan fingerprint density at radius 1 is 1.55 bits per heavy atom. The van der Waals surface area contributed by atoms with E-state index in [0.29, 0.717) is 25.7 Å². The van der Waals surface area contributed by atoms with E-state index in [2.05, 4.69) is 4.74 Å². The minimum absolute atomic E-state index is 0. The zero-order chi connectivity index (χ0) is 7.98. The molecule has 2 N–H and O–H groups in total. The van der Waals surface area contributed by atoms with Gasteiger partial charge in [-0.2, -0.15) is 0 Å². The third kappa shape index (κ3) is 11.0. The zero-order valence-electron chi connectivity index (χ0n) is 7.21. The van der Waals surface area contributed by atoms with E-state index in [0.717, 1.165) is 0 Å². The van der Waals surface area contributed by atoms with Gasteiger partial charge in [0, 0.05) is 52.5 Å². The van der Waals surface area contributed by atoms with Crippen LogP contribution in [0.25, 0.3) is 5.73 Å². The molecule has 11 heavy (non-hydrogen) atoms. The molecule has 1 fully saturated rings. The average molecular weight is 235 g/mol. The average Bonchev–Trinajstić information content (AvgIpc) is 1.85. The van der Waals surface area contributed by atoms with Crippen LogP contribution in [0.5, 0.6) is 0 Å². The van der Waals surface area contributed by atoms with Crippen LogP contribution in [-0.2, 0) is 37.4 Å². The topological polar surface area (TPSA) is 53.3 Å². The van der Waals surface area contributed by atoms with E-state index >= 15 is 0 Å². The summed E-state index contributed by atoms with van der Waals surface area (Å²) in [6.07, 6.45) is 0. The predicted octanol–water partition coefficient (Wildman–Crippen LogP) is 1.07. The molecular formula is C7H16NO2Y-. The Bertz CT molecular complexity index is 72.8. The van der Waals surface area contributed by atoms with Gasteiger partial charge in [-0.05, 0) is 5.92 Å². The molecule has 1 aliphatic rings. The standard InChI is InChI=1S/C4H10O.C3H6NO.Y/c1-4(2)3-5;4-3-1-5-2-3;/h4-5H,3H2,1-2H3;3-4H,1-2H2;/q;-1;. The first kappa shape index (κ1) is 14.5. The van der Waals surface area contributed by atoms with Gasteiger partial charge >= 0.3 is 0 Å². The van der Waals surface area contributed by atoms with Crippen molar-refractivity contribution in [1.82, 2.24) is 0 Å². The van der Waals surface area contributed by atoms with Crippen LogP contribution >= 0.6 is 0 Å². The summed E-state index contributed by atoms with van der Waals surface area (Å²) in [4.78, 5) is 0. The van der Waals surface area contributed by atoms with Gasteiger partial charge in [0.05, 0.1) is 0 Å². The third-order valence-corrected chi connectivity index (χ3v) is 1.00. The molecule has 0 unspecified atom stereocenters. The second-order valence-corrected chi connectivity index (χ2v) is 2.81. The fraction of sp³-hybridized carbons (Fsp3) is 1.00. The van der Waals surface area contributed by atoms with Gasteiger partial charge in [0.1, 0.15) is 0 Å². The maximum absolute atomic E-state index is 8.14. The van der Waals surface area contributed by atoms with Crippen LogP contribution in [0.4, 0.5) is 0 Å². The summed E-state index contributed by atoms with van der Waals surface area (Å²) in [5.41, 5.74) is 6.79. The number of nitrogens with one attached hydrogen (secondary N) is 1. The van der Waals surface area contributed by atoms with Gasteiger partial charge in [-0.1, -0.05) is 19.9 Å². The maximum Gasteiger partial charge on any atom is 0.0453 e. The van der Waals surface area contributed by atoms with Gasteiger partial charge in [0.15, 0.2) is 0 Å². The third-order valence-electron chi connectivity index (χ3n) is 1.00. The molecule has 65 valence electrons. The second kappa shape index (κ2) is 9.07. The monoisotopic (exact) mass is 235 g/mol. The molecule has 1 heterocycles. The van der Waals surface area contributed by atoms with Crippen LogP contribution in [0, 0.1) is 5.92 Å². The first-order valence-electron chi connectivity index (χ1n) is 3.56. The largest absolute Gasteiger partial charge is 0.671 e. The van der Waals surface area contributed by atoms with Crippen LogP contribution in [-0.4, -0.2) is 31.0 Å². The van der Waals surface area contributed by atoms with Crippen LogP contribution in [0.2, 0.25) is 0 Å². The molecule has 0 atom stereocenters. The van der Waals surface area contributed by atoms with Crippen molar-refractivity contribution in [3.63, 3.8) is 0 Å². The summed E-state index contributed by atoms with van der Waals surface area (Å²) in [6, 6.07) is 0.0926. The minimum Gasteiger partial charge on any atom is -0.671 e. The van der Waals surface area contributed by atoms with Gasteiger partial charge in [0.25, 0.3) is 0 Å². The van der Waals surface area contributed by atoms with Crippen molar-refractivity contribution in [2.75, 3.05) is 19.8 Å². The number of hydrogen-bond donors (Lipinski definition) is 1. The van der Waals surface area contributed by atoms with E-state index in [-0.39, 0.29) is 38.8 Å². The van der Waals surface area contributed by atoms with Gasteiger partial charge < -0.3 is 15.6 Å². The van der Waals surface area contributed by atoms with Crippen molar-refractivity contribution in [3.8, 4) is 0 Å². The zero-order valence-corrected chi connectivity index (χ0v) is 10.0. The molecule has 1 rings (SSSR count). The summed E-state index contributed by atoms with van der Waals surface area (Å²) in [6.45, 7) is 5.56. The van der Waals surface area contributed by atoms with E-state index in [1.807, 2.05) is 13.8 Å². The second-order valence-electron chi connectivity index (χ2n) is 2.81. The van der Waals surface area contributed by atoms with Gasteiger partial charge in [-0.25, -0.2) is 0 Å². The Morgan fingerprint density at radius 2 is 1.82 bits per heavy atom. The van der Waals surface area contributed by atoms with Crippen LogP contribution in [0.1, 0.15) is 13.8 Å². The van der Waals surface area contributed by atoms with Gasteiger partial charge in [-0.15, -0.1) is 0 Å². The Morgan fingerprint density at radius 3 is 1.82 bits per heavy atom. The summed E-state index contributed by atoms with van der Waals surface area (Å²) in [5, 5.41) is 8.14. The van der Waals surface area contributed by atoms with Crippen molar-refractivity contribution in [2.45, 2.75) is 19.9 Å². The quantitative estimate of drug-likeness (QED) is 0.739. The SMILES string of the molecule is CC(C)CO.[NH-]C1COC1.[Y]. The van der Waals surface area contributed by atoms with Crippen molar-refractivity contribution in [2.24, 2.45) is 5.92 Å². The molecular weight excluding hydrogens is 219 g/mol. The van der Waals surface area contributed by atoms with Gasteiger partial charge in [-0.3, -0.25) is 0 Å². The summed E-state index contributed by atoms with van der Waals surface area (Å²) < 4.78 is 4.65. The Hall–Kier alpha value is 0.984. The van der Waals surface area contributed by atoms with E-state index in [9.17, 15) is 0 Å². The fourth-order valence-corrected chi connectivity index (χ4v) is 0.236. The van der Waals surface area contributed by atoms with Crippen molar-refractivity contribution in [3.05, 3.63) is 5.73 Å². The molecule has 1 aliphatic heterocycles. The Kier molecular flexibility index (Phi) is 12.0. The van der Waals surface area contributed by atoms with Crippen LogP contribution in [0.3, 0.4) is 0 Å². The molecule has 4 heteroatoms. The smallest absolute Gasteiger partial charge is 0.0453 e. The first-order valence-corrected chi connectivity index (χ1v) is 3.56. The molecule has 0 aliphatic carbocycles. The Balaban J connectivity index is 0. The molecule has 0 amide bonds. The van der Waals surface area contributed by atoms with E-state index in [4.69, 9.17) is 10.8 Å². The molecule has 0 saturated carbocycles. The molecule has 3 nitrogen and oxygen atoms in total. The molecule has 0 aromatic carbocycles. The number of rotatable bonds is 1. The minimum atomic E-state index is 0. The molecule has 1 radical (unpaired) electrons. The number of aliphatic hydroxyl groups excluding tert-OH is 1. The number of hydrogen-bond acceptors (Lipinski definition) is 2. The first-order chi connectivity index (χ1) is 4.66. The number of aliphatic hydroxyl groups is 1. The Labute approximate surface area is 93.6 Å². The molecule has 1 saturated heterocycles. The fourth-order valence-electron chi connectivity index (χ4n) is 0.236. The van der Waals surface area contributed by atoms with E-state index in [1.54, 1.807) is 0 Å². The summed E-state index contributed by atoms with van der Waals surface area (Å²) in [5.74, 6) is 0.440. The van der Waals surface area contributed by atoms with E-state index in [1.165, 1.54) is 0 Å². The van der Waals surface area contributed by atoms with Crippen LogP contribution < -0.4 is 0 Å². The molecule has 0 bridgehead atoms. The maximum atomic E-state index is 8.14. The van der Waals surface area contributed by atoms with E-state index < -0.39 is 0 Å². The van der Waals surface area contributed by atoms with Crippen molar-refractivity contribution < 1.29 is 42.6 Å². The van der Waals surface area contributed by atoms with Gasteiger partial charge in [0.2, 0.25) is 0 Å². The summed E-state index contributed by atoms with van der Waals surface area (Å²) in [7, 11) is 0.